The van der Waals surface area contributed by atoms with Gasteiger partial charge in [-0.2, -0.15) is 0 Å². The average molecular weight is 532 g/mol. The summed E-state index contributed by atoms with van der Waals surface area (Å²) in [4.78, 5) is 20.8. The lowest BCUT2D eigenvalue weighted by atomic mass is 9.85. The van der Waals surface area contributed by atoms with Gasteiger partial charge in [-0.25, -0.2) is 9.59 Å². The van der Waals surface area contributed by atoms with Crippen molar-refractivity contribution in [2.75, 3.05) is 19.6 Å². The van der Waals surface area contributed by atoms with Crippen molar-refractivity contribution in [3.63, 3.8) is 0 Å². The molecule has 0 radical (unpaired) electrons. The number of rotatable bonds is 6. The molecule has 1 atom stereocenters. The van der Waals surface area contributed by atoms with Crippen LogP contribution in [0.15, 0.2) is 84.9 Å². The van der Waals surface area contributed by atoms with Crippen molar-refractivity contribution in [2.45, 2.75) is 56.8 Å². The van der Waals surface area contributed by atoms with Crippen molar-refractivity contribution in [1.29, 1.82) is 0 Å². The Balaban J connectivity index is 0.000000531. The molecule has 7 nitrogen and oxygen atoms in total. The minimum absolute atomic E-state index is 0.0730. The molecule has 2 aliphatic heterocycles. The van der Waals surface area contributed by atoms with Crippen LogP contribution in [0, 0.1) is 0 Å². The van der Waals surface area contributed by atoms with E-state index < -0.39 is 11.9 Å². The number of nitrogens with zero attached hydrogens (tertiary/aromatic N) is 1. The first-order valence-electron chi connectivity index (χ1n) is 13.5. The summed E-state index contributed by atoms with van der Waals surface area (Å²) in [6, 6.07) is 30.2. The fraction of sp³-hybridized carbons (Fsp3) is 0.375. The Morgan fingerprint density at radius 2 is 1.41 bits per heavy atom. The van der Waals surface area contributed by atoms with Gasteiger partial charge in [0.1, 0.15) is 17.5 Å². The SMILES string of the molecule is CC1Oc2ccccc2COC12CCN(CCCC(c1ccccc1)c1ccccc1)CC2.O=C(O)C(=O)O. The number of fused-ring (bicyclic) bond motifs is 1. The van der Waals surface area contributed by atoms with Gasteiger partial charge in [-0.15, -0.1) is 0 Å². The van der Waals surface area contributed by atoms with Gasteiger partial charge in [-0.1, -0.05) is 78.9 Å². The van der Waals surface area contributed by atoms with Crippen LogP contribution in [0.2, 0.25) is 0 Å². The Morgan fingerprint density at radius 1 is 0.872 bits per heavy atom. The first-order valence-corrected chi connectivity index (χ1v) is 13.5. The van der Waals surface area contributed by atoms with Gasteiger partial charge in [0.25, 0.3) is 0 Å². The van der Waals surface area contributed by atoms with Gasteiger partial charge in [0.15, 0.2) is 0 Å². The number of para-hydroxylation sites is 1. The Hall–Kier alpha value is -3.68. The van der Waals surface area contributed by atoms with Crippen molar-refractivity contribution >= 4 is 11.9 Å². The maximum absolute atomic E-state index is 9.10. The van der Waals surface area contributed by atoms with Gasteiger partial charge in [-0.3, -0.25) is 0 Å². The lowest BCUT2D eigenvalue weighted by Crippen LogP contribution is -2.53. The maximum Gasteiger partial charge on any atom is 0.414 e. The first kappa shape index (κ1) is 28.3. The van der Waals surface area contributed by atoms with E-state index in [1.54, 1.807) is 0 Å². The third-order valence-corrected chi connectivity index (χ3v) is 7.79. The third-order valence-electron chi connectivity index (χ3n) is 7.79. The van der Waals surface area contributed by atoms with Gasteiger partial charge < -0.3 is 24.6 Å². The molecule has 0 amide bonds. The zero-order valence-corrected chi connectivity index (χ0v) is 22.4. The minimum Gasteiger partial charge on any atom is -0.487 e. The van der Waals surface area contributed by atoms with E-state index in [4.69, 9.17) is 29.3 Å². The number of hydrogen-bond donors (Lipinski definition) is 2. The lowest BCUT2D eigenvalue weighted by molar-refractivity contribution is -0.159. The van der Waals surface area contributed by atoms with E-state index in [0.717, 1.165) is 43.8 Å². The summed E-state index contributed by atoms with van der Waals surface area (Å²) in [5, 5.41) is 14.8. The summed E-state index contributed by atoms with van der Waals surface area (Å²) in [5.41, 5.74) is 3.82. The summed E-state index contributed by atoms with van der Waals surface area (Å²) < 4.78 is 12.9. The van der Waals surface area contributed by atoms with Crippen LogP contribution in [0.1, 0.15) is 55.2 Å². The van der Waals surface area contributed by atoms with Gasteiger partial charge >= 0.3 is 11.9 Å². The number of aliphatic carboxylic acids is 2. The lowest BCUT2D eigenvalue weighted by Gasteiger charge is -2.43. The quantitative estimate of drug-likeness (QED) is 0.401. The van der Waals surface area contributed by atoms with E-state index in [1.807, 2.05) is 6.07 Å². The highest BCUT2D eigenvalue weighted by atomic mass is 16.6. The maximum atomic E-state index is 9.10. The molecular formula is C32H37NO6. The van der Waals surface area contributed by atoms with E-state index >= 15 is 0 Å². The highest BCUT2D eigenvalue weighted by molar-refractivity contribution is 6.27. The van der Waals surface area contributed by atoms with E-state index in [0.29, 0.717) is 12.5 Å². The molecule has 1 spiro atoms. The van der Waals surface area contributed by atoms with Gasteiger partial charge in [0.05, 0.1) is 6.61 Å². The van der Waals surface area contributed by atoms with Gasteiger partial charge in [-0.05, 0) is 56.3 Å². The fourth-order valence-electron chi connectivity index (χ4n) is 5.50. The van der Waals surface area contributed by atoms with E-state index in [9.17, 15) is 0 Å². The molecule has 7 heteroatoms. The van der Waals surface area contributed by atoms with Crippen LogP contribution < -0.4 is 4.74 Å². The van der Waals surface area contributed by atoms with Crippen LogP contribution in [-0.2, 0) is 20.9 Å². The van der Waals surface area contributed by atoms with Crippen LogP contribution >= 0.6 is 0 Å². The molecule has 39 heavy (non-hydrogen) atoms. The standard InChI is InChI=1S/C30H35NO2.C2H2O4/c1-24-30(32-23-27-15-8-9-17-29(27)33-24)18-21-31(22-19-30)20-10-16-28(25-11-4-2-5-12-25)26-13-6-3-7-14-26;3-1(4)2(5)6/h2-9,11-15,17,24,28H,10,16,18-23H2,1H3;(H,3,4)(H,5,6). The normalized spacial score (nSPS) is 18.3. The monoisotopic (exact) mass is 531 g/mol. The molecule has 0 saturated carbocycles. The van der Waals surface area contributed by atoms with Gasteiger partial charge in [0, 0.05) is 24.6 Å². The highest BCUT2D eigenvalue weighted by Crippen LogP contribution is 2.38. The van der Waals surface area contributed by atoms with E-state index in [2.05, 4.69) is 90.7 Å². The Bertz CT molecular complexity index is 1160. The zero-order chi connectivity index (χ0) is 27.7. The van der Waals surface area contributed by atoms with Crippen LogP contribution in [0.25, 0.3) is 0 Å². The molecule has 1 fully saturated rings. The van der Waals surface area contributed by atoms with E-state index in [-0.39, 0.29) is 11.7 Å². The summed E-state index contributed by atoms with van der Waals surface area (Å²) in [7, 11) is 0. The number of piperidine rings is 1. The molecule has 2 aliphatic rings. The number of benzene rings is 3. The zero-order valence-electron chi connectivity index (χ0n) is 22.4. The van der Waals surface area contributed by atoms with Crippen molar-refractivity contribution in [1.82, 2.24) is 4.90 Å². The second kappa shape index (κ2) is 13.4. The average Bonchev–Trinajstić information content (AvgIpc) is 3.09. The second-order valence-electron chi connectivity index (χ2n) is 10.2. The van der Waals surface area contributed by atoms with Crippen molar-refractivity contribution < 1.29 is 29.3 Å². The predicted molar refractivity (Wildman–Crippen MR) is 149 cm³/mol. The highest BCUT2D eigenvalue weighted by Gasteiger charge is 2.43. The summed E-state index contributed by atoms with van der Waals surface area (Å²) in [5.74, 6) is -2.21. The summed E-state index contributed by atoms with van der Waals surface area (Å²) >= 11 is 0. The molecular weight excluding hydrogens is 494 g/mol. The molecule has 0 aliphatic carbocycles. The van der Waals surface area contributed by atoms with Crippen LogP contribution in [0.5, 0.6) is 5.75 Å². The number of hydrogen-bond acceptors (Lipinski definition) is 5. The molecule has 5 rings (SSSR count). The molecule has 0 aromatic heterocycles. The number of carboxylic acid groups (broad SMARTS) is 2. The molecule has 0 bridgehead atoms. The predicted octanol–water partition coefficient (Wildman–Crippen LogP) is 5.59. The fourth-order valence-corrected chi connectivity index (χ4v) is 5.50. The van der Waals surface area contributed by atoms with Gasteiger partial charge in [0.2, 0.25) is 0 Å². The van der Waals surface area contributed by atoms with Crippen LogP contribution in [-0.4, -0.2) is 58.4 Å². The molecule has 206 valence electrons. The van der Waals surface area contributed by atoms with Crippen molar-refractivity contribution in [3.8, 4) is 5.75 Å². The minimum atomic E-state index is -1.82. The van der Waals surface area contributed by atoms with E-state index in [1.165, 1.54) is 24.0 Å². The molecule has 2 heterocycles. The smallest absolute Gasteiger partial charge is 0.414 e. The van der Waals surface area contributed by atoms with Crippen molar-refractivity contribution in [3.05, 3.63) is 102 Å². The Labute approximate surface area is 230 Å². The topological polar surface area (TPSA) is 96.3 Å². The Kier molecular flexibility index (Phi) is 9.74. The summed E-state index contributed by atoms with van der Waals surface area (Å²) in [6.45, 7) is 6.12. The summed E-state index contributed by atoms with van der Waals surface area (Å²) in [6.07, 6.45) is 4.50. The number of carboxylic acids is 2. The molecule has 2 N–H and O–H groups in total. The molecule has 1 saturated heterocycles. The molecule has 3 aromatic rings. The Morgan fingerprint density at radius 3 is 1.97 bits per heavy atom. The second-order valence-corrected chi connectivity index (χ2v) is 10.2. The largest absolute Gasteiger partial charge is 0.487 e. The number of likely N-dealkylation sites (tertiary alicyclic amines) is 1. The van der Waals surface area contributed by atoms with Crippen molar-refractivity contribution in [2.24, 2.45) is 0 Å². The molecule has 3 aromatic carbocycles. The number of carbonyl (C=O) groups is 2. The first-order chi connectivity index (χ1) is 18.9. The van der Waals surface area contributed by atoms with Crippen LogP contribution in [0.4, 0.5) is 0 Å². The number of ether oxygens (including phenoxy) is 2. The third kappa shape index (κ3) is 7.46. The molecule has 1 unspecified atom stereocenters. The van der Waals surface area contributed by atoms with Crippen LogP contribution in [0.3, 0.4) is 0 Å².